The summed E-state index contributed by atoms with van der Waals surface area (Å²) in [7, 11) is -7.44. The lowest BCUT2D eigenvalue weighted by Gasteiger charge is -2.29. The van der Waals surface area contributed by atoms with E-state index in [1.807, 2.05) is 19.9 Å². The number of hydrogen-bond donors (Lipinski definition) is 11. The molecule has 2 aliphatic rings. The Labute approximate surface area is 517 Å². The fourth-order valence-electron chi connectivity index (χ4n) is 8.05. The second-order valence-electron chi connectivity index (χ2n) is 18.2. The van der Waals surface area contributed by atoms with Crippen molar-refractivity contribution >= 4 is 131 Å². The minimum atomic E-state index is -3.80. The smallest absolute Gasteiger partial charge is 0.414 e. The Morgan fingerprint density at radius 3 is 1.15 bits per heavy atom. The third-order valence-corrected chi connectivity index (χ3v) is 18.2. The third kappa shape index (κ3) is 21.7. The van der Waals surface area contributed by atoms with E-state index in [0.29, 0.717) is 30.0 Å². The first-order valence-corrected chi connectivity index (χ1v) is 30.8. The number of nitrogens with one attached hydrogen (secondary N) is 4. The second-order valence-corrected chi connectivity index (χ2v) is 25.0. The molecular formula is C57H56Br4N4O17S2. The van der Waals surface area contributed by atoms with E-state index >= 15 is 0 Å². The van der Waals surface area contributed by atoms with Crippen LogP contribution in [-0.2, 0) is 74.5 Å². The van der Waals surface area contributed by atoms with Crippen LogP contribution in [0.1, 0.15) is 62.2 Å². The topological polar surface area (TPSA) is 360 Å². The van der Waals surface area contributed by atoms with E-state index in [1.54, 1.807) is 60.7 Å². The van der Waals surface area contributed by atoms with Gasteiger partial charge in [-0.25, -0.2) is 45.6 Å². The highest BCUT2D eigenvalue weighted by Gasteiger charge is 2.26. The molecule has 0 fully saturated rings. The van der Waals surface area contributed by atoms with Crippen molar-refractivity contribution in [1.29, 1.82) is 0 Å². The summed E-state index contributed by atoms with van der Waals surface area (Å²) < 4.78 is 60.8. The second kappa shape index (κ2) is 32.2. The van der Waals surface area contributed by atoms with Crippen LogP contribution >= 0.6 is 63.7 Å². The van der Waals surface area contributed by atoms with Crippen molar-refractivity contribution in [3.63, 3.8) is 0 Å². The summed E-state index contributed by atoms with van der Waals surface area (Å²) in [5.41, 5.74) is 10.8. The van der Waals surface area contributed by atoms with Gasteiger partial charge in [-0.15, -0.1) is 0 Å². The minimum Gasteiger partial charge on any atom is -0.506 e. The molecule has 27 heteroatoms. The van der Waals surface area contributed by atoms with Crippen LogP contribution in [0, 0.1) is 20.8 Å². The van der Waals surface area contributed by atoms with Crippen LogP contribution in [0.4, 0.5) is 11.4 Å². The van der Waals surface area contributed by atoms with Gasteiger partial charge in [0.25, 0.3) is 20.0 Å². The molecule has 2 heterocycles. The molecular weight excluding hydrogens is 1400 g/mol. The standard InChI is InChI=1S/C24H24Br2N2O2S.C23H22Br2N2O3S.2C4H4O4.C2H2O4/c1-15-10-18-8-9-27-24(13-17-11-21(25)16(2)22(26)12-17)20(18)14-23(15)28-31(29,30)19-6-4-3-5-7-19;1-14-19(24)9-15(10-20(14)25)11-21-18-13-22(23(28)12-16(18)7-8-26-21)27-31(29,30)17-5-3-2-4-6-17;2*5-3(6)1-2-4(7)8;3-1(4)2(5)6/h3-7,10-12,14,24,27-28H,8-9,13H2,1-2H3;2-6,9-10,12-13,21,26-28H,7-8,11H2,1H3;2*1-2H,(H,5,6)(H,7,8);(H,3,4)(H,5,6)/b;;2*2-1+;. The summed E-state index contributed by atoms with van der Waals surface area (Å²) in [5, 5.41) is 63.7. The van der Waals surface area contributed by atoms with Gasteiger partial charge < -0.3 is 46.4 Å². The maximum Gasteiger partial charge on any atom is 0.414 e. The van der Waals surface area contributed by atoms with Gasteiger partial charge in [-0.1, -0.05) is 106 Å². The van der Waals surface area contributed by atoms with Crippen molar-refractivity contribution in [2.24, 2.45) is 0 Å². The van der Waals surface area contributed by atoms with Crippen LogP contribution in [0.3, 0.4) is 0 Å². The zero-order valence-corrected chi connectivity index (χ0v) is 52.6. The monoisotopic (exact) mass is 1450 g/mol. The number of phenolic OH excluding ortho intramolecular Hbond substituents is 1. The molecule has 0 aromatic heterocycles. The van der Waals surface area contributed by atoms with Crippen molar-refractivity contribution < 1.29 is 81.3 Å². The van der Waals surface area contributed by atoms with Crippen molar-refractivity contribution in [2.45, 2.75) is 68.3 Å². The summed E-state index contributed by atoms with van der Waals surface area (Å²) in [6.07, 6.45) is 5.49. The highest BCUT2D eigenvalue weighted by molar-refractivity contribution is 9.11. The van der Waals surface area contributed by atoms with Gasteiger partial charge in [-0.2, -0.15) is 0 Å². The first kappa shape index (κ1) is 69.3. The van der Waals surface area contributed by atoms with Crippen LogP contribution in [0.5, 0.6) is 5.75 Å². The lowest BCUT2D eigenvalue weighted by Crippen LogP contribution is -2.31. The zero-order valence-electron chi connectivity index (χ0n) is 44.6. The molecule has 6 aromatic carbocycles. The number of anilines is 2. The molecule has 84 heavy (non-hydrogen) atoms. The van der Waals surface area contributed by atoms with E-state index < -0.39 is 55.9 Å². The fraction of sp³-hybridized carbons (Fsp3) is 0.193. The summed E-state index contributed by atoms with van der Waals surface area (Å²) in [6, 6.07) is 32.8. The molecule has 2 unspecified atom stereocenters. The van der Waals surface area contributed by atoms with Crippen molar-refractivity contribution in [3.05, 3.63) is 201 Å². The molecule has 11 N–H and O–H groups in total. The maximum absolute atomic E-state index is 12.9. The van der Waals surface area contributed by atoms with Crippen LogP contribution in [0.2, 0.25) is 0 Å². The predicted octanol–water partition coefficient (Wildman–Crippen LogP) is 10.1. The van der Waals surface area contributed by atoms with E-state index in [0.717, 1.165) is 90.0 Å². The minimum absolute atomic E-state index is 0.00540. The Kier molecular flexibility index (Phi) is 26.5. The number of benzene rings is 6. The van der Waals surface area contributed by atoms with E-state index in [4.69, 9.17) is 40.2 Å². The lowest BCUT2D eigenvalue weighted by atomic mass is 9.88. The van der Waals surface area contributed by atoms with Crippen molar-refractivity contribution in [1.82, 2.24) is 10.6 Å². The Morgan fingerprint density at radius 1 is 0.500 bits per heavy atom. The number of sulfonamides is 2. The number of rotatable bonds is 14. The number of halogens is 4. The van der Waals surface area contributed by atoms with Crippen LogP contribution < -0.4 is 20.1 Å². The number of hydrogen-bond acceptors (Lipinski definition) is 13. The summed E-state index contributed by atoms with van der Waals surface area (Å²) in [5.74, 6) is -8.75. The molecule has 0 spiro atoms. The number of phenols is 1. The molecule has 2 atom stereocenters. The summed E-state index contributed by atoms with van der Waals surface area (Å²) in [4.78, 5) is 56.8. The number of carbonyl (C=O) groups is 6. The molecule has 0 saturated heterocycles. The number of carboxylic acid groups (broad SMARTS) is 6. The quantitative estimate of drug-likeness (QED) is 0.0274. The van der Waals surface area contributed by atoms with Crippen LogP contribution in [-0.4, -0.2) is 101 Å². The van der Waals surface area contributed by atoms with Crippen LogP contribution in [0.15, 0.2) is 161 Å². The number of aliphatic carboxylic acids is 6. The molecule has 21 nitrogen and oxygen atoms in total. The maximum atomic E-state index is 12.9. The third-order valence-electron chi connectivity index (χ3n) is 12.1. The van der Waals surface area contributed by atoms with E-state index in [9.17, 15) is 41.1 Å². The molecule has 0 amide bonds. The van der Waals surface area contributed by atoms with E-state index in [1.165, 1.54) is 28.8 Å². The molecule has 8 rings (SSSR count). The number of carboxylic acids is 6. The number of fused-ring (bicyclic) bond motifs is 2. The SMILES string of the molecule is Cc1c(Br)cc(CC2NCCc3cc(O)c(NS(=O)(=O)c4ccccc4)cc32)cc1Br.Cc1cc2c(cc1NS(=O)(=O)c1ccccc1)C(Cc1cc(Br)c(C)c(Br)c1)NCC2.O=C(O)/C=C/C(=O)O.O=C(O)/C=C/C(=O)O.O=C(O)C(=O)O. The summed E-state index contributed by atoms with van der Waals surface area (Å²) >= 11 is 14.5. The molecule has 0 bridgehead atoms. The van der Waals surface area contributed by atoms with Gasteiger partial charge in [0.05, 0.1) is 21.2 Å². The van der Waals surface area contributed by atoms with Crippen molar-refractivity contribution in [3.8, 4) is 5.75 Å². The molecule has 0 radical (unpaired) electrons. The van der Waals surface area contributed by atoms with Gasteiger partial charge in [0, 0.05) is 54.3 Å². The highest BCUT2D eigenvalue weighted by atomic mass is 79.9. The Balaban J connectivity index is 0.000000266. The molecule has 0 aliphatic carbocycles. The first-order chi connectivity index (χ1) is 39.4. The van der Waals surface area contributed by atoms with Gasteiger partial charge in [0.15, 0.2) is 0 Å². The molecule has 2 aliphatic heterocycles. The molecule has 446 valence electrons. The zero-order chi connectivity index (χ0) is 62.6. The van der Waals surface area contributed by atoms with E-state index in [2.05, 4.69) is 121 Å². The first-order valence-electron chi connectivity index (χ1n) is 24.6. The Hall–Kier alpha value is -7.24. The fourth-order valence-corrected chi connectivity index (χ4v) is 12.8. The number of aromatic hydroxyl groups is 1. The highest BCUT2D eigenvalue weighted by Crippen LogP contribution is 2.38. The molecule has 0 saturated carbocycles. The normalized spacial score (nSPS) is 14.2. The van der Waals surface area contributed by atoms with Crippen LogP contribution in [0.25, 0.3) is 0 Å². The average Bonchev–Trinajstić information content (AvgIpc) is 2.20. The number of aryl methyl sites for hydroxylation is 1. The van der Waals surface area contributed by atoms with E-state index in [-0.39, 0.29) is 33.3 Å². The van der Waals surface area contributed by atoms with Crippen molar-refractivity contribution in [2.75, 3.05) is 22.5 Å². The largest absolute Gasteiger partial charge is 0.506 e. The Morgan fingerprint density at radius 2 is 0.821 bits per heavy atom. The average molecular weight is 1450 g/mol. The predicted molar refractivity (Wildman–Crippen MR) is 327 cm³/mol. The van der Waals surface area contributed by atoms with Gasteiger partial charge in [-0.3, -0.25) is 9.44 Å². The van der Waals surface area contributed by atoms with Gasteiger partial charge in [0.1, 0.15) is 5.75 Å². The summed E-state index contributed by atoms with van der Waals surface area (Å²) in [6.45, 7) is 7.76. The lowest BCUT2D eigenvalue weighted by molar-refractivity contribution is -0.159. The van der Waals surface area contributed by atoms with Gasteiger partial charge in [0.2, 0.25) is 0 Å². The molecule has 6 aromatic rings. The Bertz CT molecular complexity index is 3380. The van der Waals surface area contributed by atoms with Gasteiger partial charge >= 0.3 is 35.8 Å². The van der Waals surface area contributed by atoms with Gasteiger partial charge in [-0.05, 0) is 176 Å².